The number of amides is 1. The fourth-order valence-electron chi connectivity index (χ4n) is 2.02. The standard InChI is InChI=1S/C15H19Cl2NO2/c1-2-7-18(9-11-3-4-11)15(19)10-20-14-6-5-12(16)8-13(14)17/h5-6,8,11H,2-4,7,9-10H2,1H3. The molecule has 0 unspecified atom stereocenters. The molecule has 0 spiro atoms. The summed E-state index contributed by atoms with van der Waals surface area (Å²) in [6.07, 6.45) is 3.43. The summed E-state index contributed by atoms with van der Waals surface area (Å²) in [4.78, 5) is 14.1. The summed E-state index contributed by atoms with van der Waals surface area (Å²) in [6, 6.07) is 4.99. The molecule has 1 fully saturated rings. The monoisotopic (exact) mass is 315 g/mol. The van der Waals surface area contributed by atoms with Crippen LogP contribution in [-0.4, -0.2) is 30.5 Å². The zero-order valence-corrected chi connectivity index (χ0v) is 13.1. The Bertz CT molecular complexity index is 475. The van der Waals surface area contributed by atoms with Crippen molar-refractivity contribution < 1.29 is 9.53 Å². The molecule has 3 nitrogen and oxygen atoms in total. The topological polar surface area (TPSA) is 29.5 Å². The number of nitrogens with zero attached hydrogens (tertiary/aromatic N) is 1. The third-order valence-corrected chi connectivity index (χ3v) is 3.80. The van der Waals surface area contributed by atoms with Crippen LogP contribution in [0, 0.1) is 5.92 Å². The van der Waals surface area contributed by atoms with Gasteiger partial charge in [-0.05, 0) is 43.4 Å². The van der Waals surface area contributed by atoms with Crippen LogP contribution >= 0.6 is 23.2 Å². The number of carbonyl (C=O) groups is 1. The van der Waals surface area contributed by atoms with Crippen LogP contribution in [0.5, 0.6) is 5.75 Å². The van der Waals surface area contributed by atoms with Gasteiger partial charge in [-0.3, -0.25) is 4.79 Å². The molecule has 1 aromatic carbocycles. The van der Waals surface area contributed by atoms with Crippen molar-refractivity contribution in [2.24, 2.45) is 5.92 Å². The highest BCUT2D eigenvalue weighted by molar-refractivity contribution is 6.35. The van der Waals surface area contributed by atoms with Crippen LogP contribution in [0.1, 0.15) is 26.2 Å². The molecule has 1 amide bonds. The largest absolute Gasteiger partial charge is 0.482 e. The average Bonchev–Trinajstić information content (AvgIpc) is 3.21. The van der Waals surface area contributed by atoms with E-state index in [1.54, 1.807) is 18.2 Å². The first kappa shape index (κ1) is 15.5. The Kier molecular flexibility index (Phi) is 5.55. The van der Waals surface area contributed by atoms with E-state index in [4.69, 9.17) is 27.9 Å². The zero-order valence-electron chi connectivity index (χ0n) is 11.6. The van der Waals surface area contributed by atoms with Crippen LogP contribution in [-0.2, 0) is 4.79 Å². The SMILES string of the molecule is CCCN(CC1CC1)C(=O)COc1ccc(Cl)cc1Cl. The maximum atomic E-state index is 12.2. The molecule has 110 valence electrons. The van der Waals surface area contributed by atoms with E-state index in [2.05, 4.69) is 6.92 Å². The fraction of sp³-hybridized carbons (Fsp3) is 0.533. The summed E-state index contributed by atoms with van der Waals surface area (Å²) >= 11 is 11.8. The molecule has 0 saturated heterocycles. The number of ether oxygens (including phenoxy) is 1. The van der Waals surface area contributed by atoms with Gasteiger partial charge in [-0.1, -0.05) is 30.1 Å². The highest BCUT2D eigenvalue weighted by Gasteiger charge is 2.26. The van der Waals surface area contributed by atoms with E-state index in [-0.39, 0.29) is 12.5 Å². The molecule has 1 saturated carbocycles. The van der Waals surface area contributed by atoms with E-state index in [0.29, 0.717) is 21.7 Å². The van der Waals surface area contributed by atoms with Crippen LogP contribution in [0.25, 0.3) is 0 Å². The highest BCUT2D eigenvalue weighted by Crippen LogP contribution is 2.30. The Morgan fingerprint density at radius 1 is 1.40 bits per heavy atom. The minimum atomic E-state index is 0.0183. The average molecular weight is 316 g/mol. The first-order valence-corrected chi connectivity index (χ1v) is 7.71. The van der Waals surface area contributed by atoms with Gasteiger partial charge in [0.25, 0.3) is 5.91 Å². The predicted molar refractivity (Wildman–Crippen MR) is 81.6 cm³/mol. The maximum Gasteiger partial charge on any atom is 0.260 e. The fourth-order valence-corrected chi connectivity index (χ4v) is 2.49. The second kappa shape index (κ2) is 7.19. The lowest BCUT2D eigenvalue weighted by atomic mass is 10.3. The van der Waals surface area contributed by atoms with Crippen LogP contribution < -0.4 is 4.74 Å². The van der Waals surface area contributed by atoms with E-state index in [1.165, 1.54) is 12.8 Å². The molecule has 2 rings (SSSR count). The van der Waals surface area contributed by atoms with Crippen molar-refractivity contribution in [1.29, 1.82) is 0 Å². The third kappa shape index (κ3) is 4.57. The van der Waals surface area contributed by atoms with Gasteiger partial charge in [0.2, 0.25) is 0 Å². The Hall–Kier alpha value is -0.930. The van der Waals surface area contributed by atoms with E-state index in [0.717, 1.165) is 19.5 Å². The Morgan fingerprint density at radius 3 is 2.75 bits per heavy atom. The van der Waals surface area contributed by atoms with Crippen LogP contribution in [0.2, 0.25) is 10.0 Å². The summed E-state index contributed by atoms with van der Waals surface area (Å²) < 4.78 is 5.50. The van der Waals surface area contributed by atoms with Crippen LogP contribution in [0.15, 0.2) is 18.2 Å². The summed E-state index contributed by atoms with van der Waals surface area (Å²) in [5.74, 6) is 1.20. The molecule has 1 aromatic rings. The molecule has 5 heteroatoms. The lowest BCUT2D eigenvalue weighted by Crippen LogP contribution is -2.37. The molecule has 0 radical (unpaired) electrons. The van der Waals surface area contributed by atoms with Crippen molar-refractivity contribution in [3.63, 3.8) is 0 Å². The molecule has 20 heavy (non-hydrogen) atoms. The second-order valence-corrected chi connectivity index (χ2v) is 5.99. The molecule has 0 aliphatic heterocycles. The number of hydrogen-bond donors (Lipinski definition) is 0. The molecule has 0 heterocycles. The lowest BCUT2D eigenvalue weighted by Gasteiger charge is -2.22. The molecule has 0 aromatic heterocycles. The molecule has 0 atom stereocenters. The molecule has 1 aliphatic carbocycles. The van der Waals surface area contributed by atoms with E-state index < -0.39 is 0 Å². The quantitative estimate of drug-likeness (QED) is 0.760. The normalized spacial score (nSPS) is 14.2. The first-order chi connectivity index (χ1) is 9.60. The van der Waals surface area contributed by atoms with Gasteiger partial charge in [0.1, 0.15) is 5.75 Å². The molecular formula is C15H19Cl2NO2. The highest BCUT2D eigenvalue weighted by atomic mass is 35.5. The van der Waals surface area contributed by atoms with Gasteiger partial charge in [-0.25, -0.2) is 0 Å². The van der Waals surface area contributed by atoms with Crippen molar-refractivity contribution in [3.05, 3.63) is 28.2 Å². The minimum Gasteiger partial charge on any atom is -0.482 e. The number of carbonyl (C=O) groups excluding carboxylic acids is 1. The van der Waals surface area contributed by atoms with Gasteiger partial charge >= 0.3 is 0 Å². The van der Waals surface area contributed by atoms with Gasteiger partial charge in [0.05, 0.1) is 5.02 Å². The minimum absolute atomic E-state index is 0.0183. The van der Waals surface area contributed by atoms with E-state index in [9.17, 15) is 4.79 Å². The molecule has 0 N–H and O–H groups in total. The number of hydrogen-bond acceptors (Lipinski definition) is 2. The van der Waals surface area contributed by atoms with Crippen molar-refractivity contribution >= 4 is 29.1 Å². The number of benzene rings is 1. The first-order valence-electron chi connectivity index (χ1n) is 6.95. The van der Waals surface area contributed by atoms with Gasteiger partial charge in [-0.15, -0.1) is 0 Å². The second-order valence-electron chi connectivity index (χ2n) is 5.15. The number of halogens is 2. The summed E-state index contributed by atoms with van der Waals surface area (Å²) in [7, 11) is 0. The summed E-state index contributed by atoms with van der Waals surface area (Å²) in [5.41, 5.74) is 0. The van der Waals surface area contributed by atoms with Crippen LogP contribution in [0.3, 0.4) is 0 Å². The zero-order chi connectivity index (χ0) is 14.5. The van der Waals surface area contributed by atoms with Crippen molar-refractivity contribution in [2.75, 3.05) is 19.7 Å². The Morgan fingerprint density at radius 2 is 2.15 bits per heavy atom. The van der Waals surface area contributed by atoms with E-state index in [1.807, 2.05) is 4.90 Å². The third-order valence-electron chi connectivity index (χ3n) is 3.27. The van der Waals surface area contributed by atoms with Crippen LogP contribution in [0.4, 0.5) is 0 Å². The predicted octanol–water partition coefficient (Wildman–Crippen LogP) is 4.02. The van der Waals surface area contributed by atoms with Gasteiger partial charge < -0.3 is 9.64 Å². The molecule has 1 aliphatic rings. The van der Waals surface area contributed by atoms with Gasteiger partial charge in [-0.2, -0.15) is 0 Å². The maximum absolute atomic E-state index is 12.2. The van der Waals surface area contributed by atoms with Crippen molar-refractivity contribution in [2.45, 2.75) is 26.2 Å². The van der Waals surface area contributed by atoms with Crippen molar-refractivity contribution in [1.82, 2.24) is 4.90 Å². The Balaban J connectivity index is 1.88. The van der Waals surface area contributed by atoms with E-state index >= 15 is 0 Å². The summed E-state index contributed by atoms with van der Waals surface area (Å²) in [5, 5.41) is 0.976. The summed E-state index contributed by atoms with van der Waals surface area (Å²) in [6.45, 7) is 3.73. The van der Waals surface area contributed by atoms with Crippen molar-refractivity contribution in [3.8, 4) is 5.75 Å². The van der Waals surface area contributed by atoms with Gasteiger partial charge in [0, 0.05) is 18.1 Å². The molecular weight excluding hydrogens is 297 g/mol. The van der Waals surface area contributed by atoms with Gasteiger partial charge in [0.15, 0.2) is 6.61 Å². The Labute approximate surface area is 129 Å². The molecule has 0 bridgehead atoms. The smallest absolute Gasteiger partial charge is 0.260 e. The lowest BCUT2D eigenvalue weighted by molar-refractivity contribution is -0.133. The number of rotatable bonds is 7.